The summed E-state index contributed by atoms with van der Waals surface area (Å²) < 4.78 is 0. The van der Waals surface area contributed by atoms with Crippen molar-refractivity contribution in [2.24, 2.45) is 11.7 Å². The van der Waals surface area contributed by atoms with Gasteiger partial charge in [-0.1, -0.05) is 6.08 Å². The molecule has 0 atom stereocenters. The fraction of sp³-hybridized carbons (Fsp3) is 0.700. The van der Waals surface area contributed by atoms with Gasteiger partial charge in [0.05, 0.1) is 0 Å². The van der Waals surface area contributed by atoms with E-state index in [1.54, 1.807) is 13.0 Å². The minimum atomic E-state index is 0.143. The maximum atomic E-state index is 10.6. The molecule has 1 saturated carbocycles. The molecule has 1 rings (SSSR count). The lowest BCUT2D eigenvalue weighted by molar-refractivity contribution is -0.112. The fourth-order valence-electron chi connectivity index (χ4n) is 1.61. The van der Waals surface area contributed by atoms with E-state index >= 15 is 0 Å². The van der Waals surface area contributed by atoms with Crippen molar-refractivity contribution in [3.8, 4) is 0 Å². The van der Waals surface area contributed by atoms with Crippen molar-refractivity contribution in [3.63, 3.8) is 0 Å². The molecule has 0 aromatic carbocycles. The van der Waals surface area contributed by atoms with Crippen molar-refractivity contribution < 1.29 is 4.79 Å². The van der Waals surface area contributed by atoms with Crippen LogP contribution in [0.25, 0.3) is 0 Å². The molecule has 0 radical (unpaired) electrons. The van der Waals surface area contributed by atoms with Crippen LogP contribution in [-0.4, -0.2) is 11.8 Å². The monoisotopic (exact) mass is 167 g/mol. The summed E-state index contributed by atoms with van der Waals surface area (Å²) in [7, 11) is 0. The maximum absolute atomic E-state index is 10.6. The number of carbonyl (C=O) groups is 1. The van der Waals surface area contributed by atoms with Gasteiger partial charge < -0.3 is 5.73 Å². The Hall–Kier alpha value is -0.630. The zero-order valence-electron chi connectivity index (χ0n) is 7.62. The van der Waals surface area contributed by atoms with Crippen molar-refractivity contribution in [2.45, 2.75) is 38.6 Å². The van der Waals surface area contributed by atoms with Gasteiger partial charge in [-0.05, 0) is 44.6 Å². The molecule has 2 heteroatoms. The van der Waals surface area contributed by atoms with Crippen LogP contribution in [0.4, 0.5) is 0 Å². The molecule has 0 unspecified atom stereocenters. The predicted octanol–water partition coefficient (Wildman–Crippen LogP) is 1.65. The molecule has 0 bridgehead atoms. The minimum absolute atomic E-state index is 0.143. The van der Waals surface area contributed by atoms with Gasteiger partial charge in [-0.25, -0.2) is 0 Å². The third kappa shape index (κ3) is 3.18. The van der Waals surface area contributed by atoms with Crippen LogP contribution in [0.3, 0.4) is 0 Å². The first-order valence-corrected chi connectivity index (χ1v) is 4.63. The van der Waals surface area contributed by atoms with Gasteiger partial charge in [-0.2, -0.15) is 0 Å². The zero-order valence-corrected chi connectivity index (χ0v) is 7.62. The van der Waals surface area contributed by atoms with Gasteiger partial charge in [0.1, 0.15) is 0 Å². The Morgan fingerprint density at radius 3 is 2.42 bits per heavy atom. The van der Waals surface area contributed by atoms with E-state index in [0.29, 0.717) is 12.0 Å². The second kappa shape index (κ2) is 4.41. The first kappa shape index (κ1) is 9.46. The molecule has 68 valence electrons. The topological polar surface area (TPSA) is 43.1 Å². The van der Waals surface area contributed by atoms with Crippen molar-refractivity contribution >= 4 is 5.78 Å². The third-order valence-electron chi connectivity index (χ3n) is 2.42. The number of carbonyl (C=O) groups excluding carboxylic acids is 1. The van der Waals surface area contributed by atoms with Crippen LogP contribution in [0.15, 0.2) is 12.2 Å². The molecular formula is C10H17NO. The van der Waals surface area contributed by atoms with Gasteiger partial charge in [0.25, 0.3) is 0 Å². The fourth-order valence-corrected chi connectivity index (χ4v) is 1.61. The van der Waals surface area contributed by atoms with Crippen LogP contribution >= 0.6 is 0 Å². The van der Waals surface area contributed by atoms with Gasteiger partial charge >= 0.3 is 0 Å². The first-order chi connectivity index (χ1) is 5.68. The second-order valence-electron chi connectivity index (χ2n) is 3.64. The maximum Gasteiger partial charge on any atom is 0.152 e. The van der Waals surface area contributed by atoms with Gasteiger partial charge in [0, 0.05) is 6.04 Å². The Kier molecular flexibility index (Phi) is 3.48. The molecule has 0 saturated heterocycles. The van der Waals surface area contributed by atoms with Crippen molar-refractivity contribution in [2.75, 3.05) is 0 Å². The average Bonchev–Trinajstić information content (AvgIpc) is 2.03. The number of hydrogen-bond donors (Lipinski definition) is 1. The molecule has 2 N–H and O–H groups in total. The van der Waals surface area contributed by atoms with E-state index < -0.39 is 0 Å². The number of nitrogens with two attached hydrogens (primary N) is 1. The Morgan fingerprint density at radius 1 is 1.33 bits per heavy atom. The SMILES string of the molecule is CC(=O)C=CC1CCC(N)CC1. The van der Waals surface area contributed by atoms with Crippen LogP contribution in [0.1, 0.15) is 32.6 Å². The minimum Gasteiger partial charge on any atom is -0.328 e. The largest absolute Gasteiger partial charge is 0.328 e. The lowest BCUT2D eigenvalue weighted by atomic mass is 9.86. The van der Waals surface area contributed by atoms with Crippen LogP contribution in [0, 0.1) is 5.92 Å². The number of allylic oxidation sites excluding steroid dienone is 2. The van der Waals surface area contributed by atoms with Crippen LogP contribution < -0.4 is 5.73 Å². The van der Waals surface area contributed by atoms with Gasteiger partial charge in [0.2, 0.25) is 0 Å². The molecule has 1 fully saturated rings. The summed E-state index contributed by atoms with van der Waals surface area (Å²) in [6.07, 6.45) is 8.21. The molecule has 12 heavy (non-hydrogen) atoms. The smallest absolute Gasteiger partial charge is 0.152 e. The Labute approximate surface area is 73.8 Å². The molecule has 0 heterocycles. The van der Waals surface area contributed by atoms with Gasteiger partial charge in [-0.3, -0.25) is 4.79 Å². The predicted molar refractivity (Wildman–Crippen MR) is 49.8 cm³/mol. The molecule has 0 aliphatic heterocycles. The molecule has 0 aromatic heterocycles. The zero-order chi connectivity index (χ0) is 8.97. The lowest BCUT2D eigenvalue weighted by Crippen LogP contribution is -2.25. The molecular weight excluding hydrogens is 150 g/mol. The highest BCUT2D eigenvalue weighted by atomic mass is 16.1. The summed E-state index contributed by atoms with van der Waals surface area (Å²) in [6.45, 7) is 1.59. The Bertz CT molecular complexity index is 178. The highest BCUT2D eigenvalue weighted by molar-refractivity contribution is 5.87. The lowest BCUT2D eigenvalue weighted by Gasteiger charge is -2.23. The molecule has 0 amide bonds. The highest BCUT2D eigenvalue weighted by Gasteiger charge is 2.15. The normalized spacial score (nSPS) is 30.8. The van der Waals surface area contributed by atoms with E-state index in [1.807, 2.05) is 6.08 Å². The molecule has 1 aliphatic carbocycles. The van der Waals surface area contributed by atoms with Crippen molar-refractivity contribution in [1.29, 1.82) is 0 Å². The van der Waals surface area contributed by atoms with Gasteiger partial charge in [0.15, 0.2) is 5.78 Å². The first-order valence-electron chi connectivity index (χ1n) is 4.63. The van der Waals surface area contributed by atoms with E-state index in [0.717, 1.165) is 25.7 Å². The standard InChI is InChI=1S/C10H17NO/c1-8(12)2-3-9-4-6-10(11)7-5-9/h2-3,9-10H,4-7,11H2,1H3. The van der Waals surface area contributed by atoms with E-state index in [1.165, 1.54) is 0 Å². The number of hydrogen-bond acceptors (Lipinski definition) is 2. The highest BCUT2D eigenvalue weighted by Crippen LogP contribution is 2.23. The van der Waals surface area contributed by atoms with Crippen LogP contribution in [0.2, 0.25) is 0 Å². The summed E-state index contributed by atoms with van der Waals surface area (Å²) in [6, 6.07) is 0.395. The molecule has 1 aliphatic rings. The van der Waals surface area contributed by atoms with E-state index in [4.69, 9.17) is 5.73 Å². The van der Waals surface area contributed by atoms with Crippen molar-refractivity contribution in [1.82, 2.24) is 0 Å². The third-order valence-corrected chi connectivity index (χ3v) is 2.42. The van der Waals surface area contributed by atoms with E-state index in [9.17, 15) is 4.79 Å². The molecule has 0 spiro atoms. The number of ketones is 1. The number of rotatable bonds is 2. The van der Waals surface area contributed by atoms with E-state index in [2.05, 4.69) is 0 Å². The van der Waals surface area contributed by atoms with Crippen molar-refractivity contribution in [3.05, 3.63) is 12.2 Å². The second-order valence-corrected chi connectivity index (χ2v) is 3.64. The summed E-state index contributed by atoms with van der Waals surface area (Å²) in [4.78, 5) is 10.6. The van der Waals surface area contributed by atoms with E-state index in [-0.39, 0.29) is 5.78 Å². The van der Waals surface area contributed by atoms with Crippen LogP contribution in [0.5, 0.6) is 0 Å². The van der Waals surface area contributed by atoms with Gasteiger partial charge in [-0.15, -0.1) is 0 Å². The summed E-state index contributed by atoms with van der Waals surface area (Å²) in [5, 5.41) is 0. The molecule has 0 aromatic rings. The summed E-state index contributed by atoms with van der Waals surface area (Å²) >= 11 is 0. The Balaban J connectivity index is 2.30. The quantitative estimate of drug-likeness (QED) is 0.635. The summed E-state index contributed by atoms with van der Waals surface area (Å²) in [5.74, 6) is 0.735. The van der Waals surface area contributed by atoms with Crippen LogP contribution in [-0.2, 0) is 4.79 Å². The average molecular weight is 167 g/mol. The summed E-state index contributed by atoms with van der Waals surface area (Å²) in [5.41, 5.74) is 5.76. The Morgan fingerprint density at radius 2 is 1.92 bits per heavy atom. The molecule has 2 nitrogen and oxygen atoms in total.